The van der Waals surface area contributed by atoms with Crippen LogP contribution in [-0.2, 0) is 6.54 Å². The first-order valence-corrected chi connectivity index (χ1v) is 5.02. The highest BCUT2D eigenvalue weighted by Crippen LogP contribution is 2.11. The number of aromatic nitrogens is 1. The van der Waals surface area contributed by atoms with Gasteiger partial charge in [0.2, 0.25) is 12.3 Å². The second-order valence-corrected chi connectivity index (χ2v) is 3.52. The summed E-state index contributed by atoms with van der Waals surface area (Å²) in [6.45, 7) is 0.282. The molecule has 3 heteroatoms. The number of ketones is 1. The Bertz CT molecular complexity index is 494. The van der Waals surface area contributed by atoms with Crippen molar-refractivity contribution in [3.63, 3.8) is 0 Å². The smallest absolute Gasteiger partial charge is 0.227 e. The summed E-state index contributed by atoms with van der Waals surface area (Å²) in [5.74, 6) is 0.0935. The van der Waals surface area contributed by atoms with E-state index in [9.17, 15) is 9.90 Å². The van der Waals surface area contributed by atoms with Gasteiger partial charge in [0.1, 0.15) is 5.75 Å². The molecule has 0 bridgehead atoms. The maximum absolute atomic E-state index is 11.8. The van der Waals surface area contributed by atoms with Gasteiger partial charge >= 0.3 is 0 Å². The molecule has 0 aliphatic carbocycles. The molecule has 0 aliphatic rings. The highest BCUT2D eigenvalue weighted by molar-refractivity contribution is 5.95. The standard InChI is InChI=1S/C13H11NO2/c15-12-6-4-5-11(9-12)13(16)10-14-7-2-1-3-8-14/h1-9H,10H2/p+1. The van der Waals surface area contributed by atoms with Crippen LogP contribution in [0.15, 0.2) is 54.9 Å². The highest BCUT2D eigenvalue weighted by atomic mass is 16.3. The van der Waals surface area contributed by atoms with E-state index in [2.05, 4.69) is 0 Å². The van der Waals surface area contributed by atoms with Gasteiger partial charge in [-0.15, -0.1) is 0 Å². The minimum Gasteiger partial charge on any atom is -0.508 e. The summed E-state index contributed by atoms with van der Waals surface area (Å²) < 4.78 is 1.80. The van der Waals surface area contributed by atoms with E-state index in [1.807, 2.05) is 30.6 Å². The third-order valence-electron chi connectivity index (χ3n) is 2.27. The molecule has 2 rings (SSSR count). The molecular weight excluding hydrogens is 202 g/mol. The molecule has 0 unspecified atom stereocenters. The summed E-state index contributed by atoms with van der Waals surface area (Å²) in [5, 5.41) is 9.27. The molecule has 0 saturated heterocycles. The van der Waals surface area contributed by atoms with Gasteiger partial charge in [-0.2, -0.15) is 4.57 Å². The second kappa shape index (κ2) is 4.57. The molecule has 1 aromatic carbocycles. The summed E-state index contributed by atoms with van der Waals surface area (Å²) in [6.07, 6.45) is 3.67. The van der Waals surface area contributed by atoms with Gasteiger partial charge in [0.25, 0.3) is 0 Å². The van der Waals surface area contributed by atoms with Gasteiger partial charge in [0.15, 0.2) is 12.4 Å². The summed E-state index contributed by atoms with van der Waals surface area (Å²) in [7, 11) is 0. The van der Waals surface area contributed by atoms with Crippen molar-refractivity contribution in [2.75, 3.05) is 0 Å². The number of hydrogen-bond donors (Lipinski definition) is 1. The number of nitrogens with zero attached hydrogens (tertiary/aromatic N) is 1. The third-order valence-corrected chi connectivity index (χ3v) is 2.27. The summed E-state index contributed by atoms with van der Waals surface area (Å²) in [6, 6.07) is 12.0. The highest BCUT2D eigenvalue weighted by Gasteiger charge is 2.11. The normalized spacial score (nSPS) is 10.0. The number of carbonyl (C=O) groups is 1. The van der Waals surface area contributed by atoms with E-state index < -0.39 is 0 Å². The van der Waals surface area contributed by atoms with Crippen molar-refractivity contribution in [1.82, 2.24) is 0 Å². The van der Waals surface area contributed by atoms with Crippen LogP contribution < -0.4 is 4.57 Å². The van der Waals surface area contributed by atoms with E-state index in [0.29, 0.717) is 5.56 Å². The summed E-state index contributed by atoms with van der Waals surface area (Å²) in [4.78, 5) is 11.8. The zero-order valence-corrected chi connectivity index (χ0v) is 8.71. The van der Waals surface area contributed by atoms with Crippen LogP contribution in [0.25, 0.3) is 0 Å². The molecule has 2 aromatic rings. The zero-order valence-electron chi connectivity index (χ0n) is 8.71. The van der Waals surface area contributed by atoms with E-state index in [1.165, 1.54) is 6.07 Å². The predicted octanol–water partition coefficient (Wildman–Crippen LogP) is 1.56. The molecule has 0 amide bonds. The summed E-state index contributed by atoms with van der Waals surface area (Å²) >= 11 is 0. The fraction of sp³-hybridized carbons (Fsp3) is 0.0769. The second-order valence-electron chi connectivity index (χ2n) is 3.52. The predicted molar refractivity (Wildman–Crippen MR) is 59.1 cm³/mol. The number of pyridine rings is 1. The van der Waals surface area contributed by atoms with Crippen LogP contribution in [0.4, 0.5) is 0 Å². The van der Waals surface area contributed by atoms with Gasteiger partial charge in [-0.1, -0.05) is 18.2 Å². The van der Waals surface area contributed by atoms with Crippen molar-refractivity contribution in [3.8, 4) is 5.75 Å². The zero-order chi connectivity index (χ0) is 11.4. The number of aromatic hydroxyl groups is 1. The minimum absolute atomic E-state index is 0.0212. The van der Waals surface area contributed by atoms with E-state index in [-0.39, 0.29) is 18.1 Å². The number of Topliss-reactive ketones (excluding diaryl/α,β-unsaturated/α-hetero) is 1. The van der Waals surface area contributed by atoms with Gasteiger partial charge in [-0.05, 0) is 12.1 Å². The van der Waals surface area contributed by atoms with Gasteiger partial charge in [0.05, 0.1) is 0 Å². The molecule has 0 fully saturated rings. The van der Waals surface area contributed by atoms with Crippen LogP contribution in [0.5, 0.6) is 5.75 Å². The molecule has 0 radical (unpaired) electrons. The van der Waals surface area contributed by atoms with Crippen LogP contribution in [0.2, 0.25) is 0 Å². The lowest BCUT2D eigenvalue weighted by Gasteiger charge is -1.98. The van der Waals surface area contributed by atoms with Crippen molar-refractivity contribution in [1.29, 1.82) is 0 Å². The van der Waals surface area contributed by atoms with Crippen molar-refractivity contribution < 1.29 is 14.5 Å². The average Bonchev–Trinajstić information content (AvgIpc) is 2.30. The van der Waals surface area contributed by atoms with E-state index in [4.69, 9.17) is 0 Å². The molecule has 1 aromatic heterocycles. The van der Waals surface area contributed by atoms with Crippen LogP contribution in [0.3, 0.4) is 0 Å². The lowest BCUT2D eigenvalue weighted by Crippen LogP contribution is -2.36. The van der Waals surface area contributed by atoms with E-state index in [0.717, 1.165) is 0 Å². The Morgan fingerprint density at radius 2 is 1.88 bits per heavy atom. The largest absolute Gasteiger partial charge is 0.508 e. The van der Waals surface area contributed by atoms with E-state index >= 15 is 0 Å². The van der Waals surface area contributed by atoms with Crippen molar-refractivity contribution in [2.45, 2.75) is 6.54 Å². The Morgan fingerprint density at radius 3 is 2.56 bits per heavy atom. The number of hydrogen-bond acceptors (Lipinski definition) is 2. The number of benzene rings is 1. The maximum Gasteiger partial charge on any atom is 0.227 e. The molecular formula is C13H12NO2+. The first kappa shape index (κ1) is 10.4. The van der Waals surface area contributed by atoms with Crippen LogP contribution >= 0.6 is 0 Å². The quantitative estimate of drug-likeness (QED) is 0.622. The lowest BCUT2D eigenvalue weighted by atomic mass is 10.1. The Morgan fingerprint density at radius 1 is 1.12 bits per heavy atom. The molecule has 80 valence electrons. The summed E-state index contributed by atoms with van der Waals surface area (Å²) in [5.41, 5.74) is 0.524. The third kappa shape index (κ3) is 2.45. The number of rotatable bonds is 3. The number of phenols is 1. The monoisotopic (exact) mass is 214 g/mol. The molecule has 1 heterocycles. The van der Waals surface area contributed by atoms with Crippen LogP contribution in [0, 0.1) is 0 Å². The average molecular weight is 214 g/mol. The van der Waals surface area contributed by atoms with Crippen LogP contribution in [0.1, 0.15) is 10.4 Å². The maximum atomic E-state index is 11.8. The lowest BCUT2D eigenvalue weighted by molar-refractivity contribution is -0.683. The topological polar surface area (TPSA) is 41.2 Å². The van der Waals surface area contributed by atoms with Gasteiger partial charge in [-0.3, -0.25) is 4.79 Å². The van der Waals surface area contributed by atoms with Gasteiger partial charge in [-0.25, -0.2) is 0 Å². The van der Waals surface area contributed by atoms with E-state index in [1.54, 1.807) is 22.8 Å². The van der Waals surface area contributed by atoms with Crippen molar-refractivity contribution >= 4 is 5.78 Å². The van der Waals surface area contributed by atoms with Gasteiger partial charge in [0, 0.05) is 17.7 Å². The number of phenolic OH excluding ortho intramolecular Hbond substituents is 1. The minimum atomic E-state index is -0.0212. The fourth-order valence-electron chi connectivity index (χ4n) is 1.48. The Kier molecular flexibility index (Phi) is 2.96. The Hall–Kier alpha value is -2.16. The van der Waals surface area contributed by atoms with Gasteiger partial charge < -0.3 is 5.11 Å². The van der Waals surface area contributed by atoms with Crippen LogP contribution in [-0.4, -0.2) is 10.9 Å². The van der Waals surface area contributed by atoms with Crippen molar-refractivity contribution in [3.05, 3.63) is 60.4 Å². The SMILES string of the molecule is O=C(C[n+]1ccccc1)c1cccc(O)c1. The molecule has 0 atom stereocenters. The first-order valence-electron chi connectivity index (χ1n) is 5.02. The number of carbonyl (C=O) groups excluding carboxylic acids is 1. The fourth-order valence-corrected chi connectivity index (χ4v) is 1.48. The first-order chi connectivity index (χ1) is 7.75. The Labute approximate surface area is 93.6 Å². The molecule has 0 aliphatic heterocycles. The molecule has 1 N–H and O–H groups in total. The molecule has 16 heavy (non-hydrogen) atoms. The Balaban J connectivity index is 2.15. The molecule has 0 saturated carbocycles. The molecule has 0 spiro atoms. The molecule has 3 nitrogen and oxygen atoms in total. The van der Waals surface area contributed by atoms with Crippen molar-refractivity contribution in [2.24, 2.45) is 0 Å².